The summed E-state index contributed by atoms with van der Waals surface area (Å²) in [6.45, 7) is 5.21. The number of piperazine rings is 1. The second-order valence-electron chi connectivity index (χ2n) is 10.4. The van der Waals surface area contributed by atoms with Crippen molar-refractivity contribution in [3.8, 4) is 0 Å². The van der Waals surface area contributed by atoms with Crippen LogP contribution in [-0.4, -0.2) is 66.9 Å². The number of amides is 2. The molecule has 8 heteroatoms. The first-order chi connectivity index (χ1) is 17.4. The maximum Gasteiger partial charge on any atom is 0.339 e. The molecule has 3 heterocycles. The second-order valence-corrected chi connectivity index (χ2v) is 10.4. The lowest BCUT2D eigenvalue weighted by atomic mass is 9.91. The number of halogens is 1. The monoisotopic (exact) mass is 491 g/mol. The van der Waals surface area contributed by atoms with E-state index in [1.54, 1.807) is 17.0 Å². The number of ether oxygens (including phenoxy) is 1. The van der Waals surface area contributed by atoms with Crippen molar-refractivity contribution in [2.45, 2.75) is 43.6 Å². The molecule has 0 unspecified atom stereocenters. The van der Waals surface area contributed by atoms with Crippen LogP contribution in [0.4, 0.5) is 10.1 Å². The minimum Gasteiger partial charge on any atom is -0.449 e. The van der Waals surface area contributed by atoms with Gasteiger partial charge in [0, 0.05) is 62.4 Å². The van der Waals surface area contributed by atoms with Gasteiger partial charge in [0.1, 0.15) is 5.82 Å². The summed E-state index contributed by atoms with van der Waals surface area (Å²) in [5.41, 5.74) is 0.977. The zero-order valence-corrected chi connectivity index (χ0v) is 20.5. The number of anilines is 1. The maximum absolute atomic E-state index is 15.5. The first-order valence-electron chi connectivity index (χ1n) is 12.8. The van der Waals surface area contributed by atoms with Crippen LogP contribution in [0.3, 0.4) is 0 Å². The van der Waals surface area contributed by atoms with Gasteiger partial charge in [0.2, 0.25) is 11.8 Å². The highest BCUT2D eigenvalue weighted by atomic mass is 19.1. The summed E-state index contributed by atoms with van der Waals surface area (Å²) in [5.74, 6) is -0.650. The fraction of sp³-hybridized carbons (Fsp3) is 0.464. The van der Waals surface area contributed by atoms with E-state index in [-0.39, 0.29) is 23.6 Å². The summed E-state index contributed by atoms with van der Waals surface area (Å²) in [4.78, 5) is 43.7. The summed E-state index contributed by atoms with van der Waals surface area (Å²) in [7, 11) is 0. The Morgan fingerprint density at radius 2 is 1.69 bits per heavy atom. The summed E-state index contributed by atoms with van der Waals surface area (Å²) in [5, 5.41) is 0. The van der Waals surface area contributed by atoms with E-state index in [4.69, 9.17) is 4.74 Å². The Labute approximate surface area is 209 Å². The quantitative estimate of drug-likeness (QED) is 0.615. The topological polar surface area (TPSA) is 70.2 Å². The van der Waals surface area contributed by atoms with Crippen LogP contribution in [0, 0.1) is 5.82 Å². The molecular weight excluding hydrogens is 461 g/mol. The van der Waals surface area contributed by atoms with Gasteiger partial charge in [-0.3, -0.25) is 9.59 Å². The third kappa shape index (κ3) is 3.49. The zero-order chi connectivity index (χ0) is 25.1. The minimum atomic E-state index is -0.845. The molecule has 7 nitrogen and oxygen atoms in total. The van der Waals surface area contributed by atoms with Gasteiger partial charge in [-0.2, -0.15) is 0 Å². The number of fused-ring (bicyclic) bond motifs is 2. The molecule has 0 radical (unpaired) electrons. The number of esters is 1. The molecule has 1 atom stereocenters. The van der Waals surface area contributed by atoms with Gasteiger partial charge >= 0.3 is 5.97 Å². The van der Waals surface area contributed by atoms with Crippen molar-refractivity contribution in [1.82, 2.24) is 9.80 Å². The van der Waals surface area contributed by atoms with Gasteiger partial charge in [0.25, 0.3) is 0 Å². The van der Waals surface area contributed by atoms with E-state index in [1.807, 2.05) is 36.1 Å². The van der Waals surface area contributed by atoms with E-state index in [0.717, 1.165) is 11.3 Å². The third-order valence-corrected chi connectivity index (χ3v) is 8.37. The molecule has 2 aromatic rings. The summed E-state index contributed by atoms with van der Waals surface area (Å²) in [6.07, 6.45) is 2.26. The van der Waals surface area contributed by atoms with E-state index < -0.39 is 11.0 Å². The van der Waals surface area contributed by atoms with Gasteiger partial charge in [-0.25, -0.2) is 9.18 Å². The molecule has 4 aliphatic rings. The first-order valence-corrected chi connectivity index (χ1v) is 12.8. The highest BCUT2D eigenvalue weighted by molar-refractivity contribution is 5.96. The average molecular weight is 492 g/mol. The Hall–Kier alpha value is -3.42. The van der Waals surface area contributed by atoms with E-state index in [1.165, 1.54) is 6.07 Å². The number of likely N-dealkylation sites (tertiary alicyclic amines) is 1. The van der Waals surface area contributed by atoms with E-state index in [2.05, 4.69) is 4.90 Å². The molecule has 1 aliphatic carbocycles. The number of hydrogen-bond donors (Lipinski definition) is 0. The van der Waals surface area contributed by atoms with Crippen molar-refractivity contribution in [2.75, 3.05) is 44.2 Å². The van der Waals surface area contributed by atoms with Crippen LogP contribution in [0.2, 0.25) is 0 Å². The standard InChI is InChI=1S/C28H30FN3O4/c1-2-24(33)31-15-13-30(14-16-31)19-7-8-22(23(29)17-19)27(9-10-27)26(35)32-12-11-28(18-32)21-6-4-3-5-20(21)25(34)36-28/h3-8,17H,2,9-16,18H2,1H3/t28-/m0/s1. The highest BCUT2D eigenvalue weighted by Gasteiger charge is 2.58. The number of carbonyl (C=O) groups is 3. The van der Waals surface area contributed by atoms with Crippen LogP contribution in [0.5, 0.6) is 0 Å². The molecule has 6 rings (SSSR count). The Bertz CT molecular complexity index is 1250. The summed E-state index contributed by atoms with van der Waals surface area (Å²) in [6, 6.07) is 12.5. The van der Waals surface area contributed by atoms with Gasteiger partial charge < -0.3 is 19.4 Å². The Kier molecular flexibility index (Phi) is 5.32. The lowest BCUT2D eigenvalue weighted by Crippen LogP contribution is -2.48. The van der Waals surface area contributed by atoms with Crippen LogP contribution < -0.4 is 4.90 Å². The van der Waals surface area contributed by atoms with Crippen molar-refractivity contribution in [1.29, 1.82) is 0 Å². The molecule has 0 N–H and O–H groups in total. The highest BCUT2D eigenvalue weighted by Crippen LogP contribution is 2.53. The van der Waals surface area contributed by atoms with E-state index in [9.17, 15) is 14.4 Å². The lowest BCUT2D eigenvalue weighted by molar-refractivity contribution is -0.134. The largest absolute Gasteiger partial charge is 0.449 e. The number of carbonyl (C=O) groups excluding carboxylic acids is 3. The Morgan fingerprint density at radius 1 is 0.944 bits per heavy atom. The fourth-order valence-electron chi connectivity index (χ4n) is 6.16. The summed E-state index contributed by atoms with van der Waals surface area (Å²) >= 11 is 0. The molecule has 2 amide bonds. The number of nitrogens with zero attached hydrogens (tertiary/aromatic N) is 3. The Balaban J connectivity index is 1.18. The number of hydrogen-bond acceptors (Lipinski definition) is 5. The van der Waals surface area contributed by atoms with Crippen molar-refractivity contribution >= 4 is 23.5 Å². The van der Waals surface area contributed by atoms with Crippen LogP contribution in [0.15, 0.2) is 42.5 Å². The van der Waals surface area contributed by atoms with Crippen LogP contribution >= 0.6 is 0 Å². The second kappa shape index (κ2) is 8.32. The molecule has 3 aliphatic heterocycles. The maximum atomic E-state index is 15.5. The molecule has 3 fully saturated rings. The van der Waals surface area contributed by atoms with Gasteiger partial charge in [-0.15, -0.1) is 0 Å². The van der Waals surface area contributed by atoms with Gasteiger partial charge in [0.15, 0.2) is 5.60 Å². The van der Waals surface area contributed by atoms with Crippen molar-refractivity contribution in [3.05, 3.63) is 65.0 Å². The average Bonchev–Trinajstić information content (AvgIpc) is 3.52. The van der Waals surface area contributed by atoms with Crippen LogP contribution in [0.1, 0.15) is 54.1 Å². The summed E-state index contributed by atoms with van der Waals surface area (Å²) < 4.78 is 21.3. The smallest absolute Gasteiger partial charge is 0.339 e. The van der Waals surface area contributed by atoms with E-state index in [0.29, 0.717) is 76.1 Å². The van der Waals surface area contributed by atoms with Crippen molar-refractivity contribution in [2.24, 2.45) is 0 Å². The van der Waals surface area contributed by atoms with Crippen LogP contribution in [0.25, 0.3) is 0 Å². The molecular formula is C28H30FN3O4. The molecule has 2 saturated heterocycles. The van der Waals surface area contributed by atoms with Crippen molar-refractivity contribution < 1.29 is 23.5 Å². The lowest BCUT2D eigenvalue weighted by Gasteiger charge is -2.36. The number of benzene rings is 2. The van der Waals surface area contributed by atoms with Crippen molar-refractivity contribution in [3.63, 3.8) is 0 Å². The molecule has 0 aromatic heterocycles. The predicted molar refractivity (Wildman–Crippen MR) is 131 cm³/mol. The molecule has 188 valence electrons. The predicted octanol–water partition coefficient (Wildman–Crippen LogP) is 3.21. The minimum absolute atomic E-state index is 0.0850. The molecule has 36 heavy (non-hydrogen) atoms. The van der Waals surface area contributed by atoms with E-state index >= 15 is 4.39 Å². The first kappa shape index (κ1) is 23.0. The molecule has 1 spiro atoms. The normalized spacial score (nSPS) is 24.2. The zero-order valence-electron chi connectivity index (χ0n) is 20.5. The number of rotatable bonds is 4. The molecule has 2 aromatic carbocycles. The van der Waals surface area contributed by atoms with Gasteiger partial charge in [0.05, 0.1) is 17.5 Å². The van der Waals surface area contributed by atoms with Gasteiger partial charge in [-0.1, -0.05) is 31.2 Å². The molecule has 1 saturated carbocycles. The SMILES string of the molecule is CCC(=O)N1CCN(c2ccc(C3(C(=O)N4CC[C@@]5(C4)OC(=O)c4ccccc45)CC3)c(F)c2)CC1. The Morgan fingerprint density at radius 3 is 2.39 bits per heavy atom. The van der Waals surface area contributed by atoms with Crippen LogP contribution in [-0.2, 0) is 25.3 Å². The third-order valence-electron chi connectivity index (χ3n) is 8.37. The van der Waals surface area contributed by atoms with Gasteiger partial charge in [-0.05, 0) is 31.0 Å². The fourth-order valence-corrected chi connectivity index (χ4v) is 6.16. The molecule has 0 bridgehead atoms.